The van der Waals surface area contributed by atoms with Crippen molar-refractivity contribution in [3.8, 4) is 17.3 Å². The Labute approximate surface area is 221 Å². The van der Waals surface area contributed by atoms with Crippen LogP contribution in [0.2, 0.25) is 0 Å². The number of hydrogen-bond donors (Lipinski definition) is 1. The molecule has 196 valence electrons. The Kier molecular flexibility index (Phi) is 6.98. The molecule has 5 rings (SSSR count). The van der Waals surface area contributed by atoms with E-state index in [0.29, 0.717) is 51.9 Å². The summed E-state index contributed by atoms with van der Waals surface area (Å²) in [6.07, 6.45) is 5.84. The van der Waals surface area contributed by atoms with Gasteiger partial charge >= 0.3 is 0 Å². The zero-order valence-electron chi connectivity index (χ0n) is 20.9. The minimum absolute atomic E-state index is 0.0482. The van der Waals surface area contributed by atoms with Crippen molar-refractivity contribution in [3.05, 3.63) is 29.6 Å². The van der Waals surface area contributed by atoms with Crippen LogP contribution >= 0.6 is 11.3 Å². The molecule has 2 atom stereocenters. The molecule has 1 aromatic carbocycles. The molecule has 2 saturated carbocycles. The standard InChI is InChI=1S/C26H31N5O4S2/c1-37(34,35)19-8-6-18(7-9-19)22-16-36-25(28-22)31-14-12-30(13-15-31)24(33)21-5-3-2-4-20(21)23(32)29-26(17-27)10-11-26/h6-9,16,20-21H,2-5,10-15H2,1H3,(H,29,32)/t20-,21-/m1/s1. The summed E-state index contributed by atoms with van der Waals surface area (Å²) < 4.78 is 23.4. The number of nitrogens with zero attached hydrogens (tertiary/aromatic N) is 4. The Morgan fingerprint density at radius 2 is 1.73 bits per heavy atom. The van der Waals surface area contributed by atoms with Gasteiger partial charge in [-0.25, -0.2) is 13.4 Å². The highest BCUT2D eigenvalue weighted by molar-refractivity contribution is 7.90. The van der Waals surface area contributed by atoms with Gasteiger partial charge in [0.05, 0.1) is 16.7 Å². The molecule has 2 heterocycles. The first kappa shape index (κ1) is 25.7. The SMILES string of the molecule is CS(=O)(=O)c1ccc(-c2csc(N3CCN(C(=O)[C@@H]4CCCC[C@H]4C(=O)NC4(C#N)CC4)CC3)n2)cc1. The van der Waals surface area contributed by atoms with Gasteiger partial charge in [-0.1, -0.05) is 25.0 Å². The maximum absolute atomic E-state index is 13.5. The van der Waals surface area contributed by atoms with Gasteiger partial charge < -0.3 is 15.1 Å². The molecule has 2 amide bonds. The second-order valence-electron chi connectivity index (χ2n) is 10.3. The summed E-state index contributed by atoms with van der Waals surface area (Å²) in [7, 11) is -3.24. The van der Waals surface area contributed by atoms with E-state index in [1.807, 2.05) is 10.3 Å². The van der Waals surface area contributed by atoms with Crippen molar-refractivity contribution in [1.29, 1.82) is 5.26 Å². The number of piperazine rings is 1. The third kappa shape index (κ3) is 5.50. The third-order valence-corrected chi connectivity index (χ3v) is 9.71. The summed E-state index contributed by atoms with van der Waals surface area (Å²) in [5.41, 5.74) is 0.936. The first-order valence-corrected chi connectivity index (χ1v) is 15.5. The molecule has 0 unspecified atom stereocenters. The topological polar surface area (TPSA) is 123 Å². The number of thiazole rings is 1. The average Bonchev–Trinajstić information content (AvgIpc) is 3.50. The molecule has 2 aromatic rings. The number of benzene rings is 1. The number of rotatable bonds is 6. The number of nitrogens with one attached hydrogen (secondary N) is 1. The van der Waals surface area contributed by atoms with Gasteiger partial charge in [0.2, 0.25) is 11.8 Å². The van der Waals surface area contributed by atoms with Crippen molar-refractivity contribution in [3.63, 3.8) is 0 Å². The van der Waals surface area contributed by atoms with Crippen LogP contribution in [0.15, 0.2) is 34.5 Å². The molecule has 11 heteroatoms. The fourth-order valence-electron chi connectivity index (χ4n) is 5.23. The van der Waals surface area contributed by atoms with Crippen LogP contribution in [0.3, 0.4) is 0 Å². The second kappa shape index (κ2) is 10.1. The number of anilines is 1. The molecule has 9 nitrogen and oxygen atoms in total. The minimum atomic E-state index is -3.24. The highest BCUT2D eigenvalue weighted by Gasteiger charge is 2.47. The fourth-order valence-corrected chi connectivity index (χ4v) is 6.75. The zero-order valence-corrected chi connectivity index (χ0v) is 22.5. The van der Waals surface area contributed by atoms with E-state index in [-0.39, 0.29) is 28.5 Å². The lowest BCUT2D eigenvalue weighted by Crippen LogP contribution is -2.53. The van der Waals surface area contributed by atoms with Gasteiger partial charge in [0, 0.05) is 55.2 Å². The molecule has 0 spiro atoms. The maximum Gasteiger partial charge on any atom is 0.226 e. The largest absolute Gasteiger partial charge is 0.345 e. The molecule has 3 fully saturated rings. The minimum Gasteiger partial charge on any atom is -0.345 e. The Morgan fingerprint density at radius 1 is 1.08 bits per heavy atom. The predicted octanol–water partition coefficient (Wildman–Crippen LogP) is 2.84. The van der Waals surface area contributed by atoms with E-state index in [0.717, 1.165) is 29.2 Å². The van der Waals surface area contributed by atoms with E-state index in [1.54, 1.807) is 24.3 Å². The van der Waals surface area contributed by atoms with Crippen molar-refractivity contribution in [1.82, 2.24) is 15.2 Å². The first-order chi connectivity index (χ1) is 17.7. The molecule has 3 aliphatic rings. The summed E-state index contributed by atoms with van der Waals surface area (Å²) >= 11 is 1.53. The highest BCUT2D eigenvalue weighted by Crippen LogP contribution is 2.38. The van der Waals surface area contributed by atoms with E-state index >= 15 is 0 Å². The van der Waals surface area contributed by atoms with Crippen LogP contribution in [-0.2, 0) is 19.4 Å². The monoisotopic (exact) mass is 541 g/mol. The van der Waals surface area contributed by atoms with Crippen LogP contribution in [0.4, 0.5) is 5.13 Å². The number of carbonyl (C=O) groups excluding carboxylic acids is 2. The Morgan fingerprint density at radius 3 is 2.32 bits per heavy atom. The van der Waals surface area contributed by atoms with E-state index < -0.39 is 15.4 Å². The molecule has 0 bridgehead atoms. The Bertz CT molecular complexity index is 1320. The van der Waals surface area contributed by atoms with Gasteiger partial charge in [0.15, 0.2) is 15.0 Å². The quantitative estimate of drug-likeness (QED) is 0.596. The molecule has 0 radical (unpaired) electrons. The fraction of sp³-hybridized carbons (Fsp3) is 0.538. The van der Waals surface area contributed by atoms with E-state index in [4.69, 9.17) is 4.98 Å². The van der Waals surface area contributed by atoms with Crippen LogP contribution in [-0.4, -0.2) is 68.1 Å². The zero-order chi connectivity index (χ0) is 26.2. The lowest BCUT2D eigenvalue weighted by Gasteiger charge is -2.39. The normalized spacial score (nSPS) is 23.2. The predicted molar refractivity (Wildman–Crippen MR) is 141 cm³/mol. The molecule has 2 aliphatic carbocycles. The van der Waals surface area contributed by atoms with Gasteiger partial charge in [-0.15, -0.1) is 11.3 Å². The number of nitriles is 1. The van der Waals surface area contributed by atoms with Crippen molar-refractivity contribution < 1.29 is 18.0 Å². The van der Waals surface area contributed by atoms with E-state index in [2.05, 4.69) is 16.3 Å². The van der Waals surface area contributed by atoms with Crippen molar-refractivity contribution in [2.45, 2.75) is 49.0 Å². The van der Waals surface area contributed by atoms with Crippen molar-refractivity contribution >= 4 is 38.1 Å². The third-order valence-electron chi connectivity index (χ3n) is 7.68. The van der Waals surface area contributed by atoms with Gasteiger partial charge in [-0.3, -0.25) is 9.59 Å². The number of amides is 2. The Balaban J connectivity index is 1.19. The molecule has 37 heavy (non-hydrogen) atoms. The summed E-state index contributed by atoms with van der Waals surface area (Å²) in [6, 6.07) is 8.93. The highest BCUT2D eigenvalue weighted by atomic mass is 32.2. The van der Waals surface area contributed by atoms with Gasteiger partial charge in [-0.2, -0.15) is 5.26 Å². The van der Waals surface area contributed by atoms with Crippen LogP contribution in [0, 0.1) is 23.2 Å². The summed E-state index contributed by atoms with van der Waals surface area (Å²) in [5, 5.41) is 15.1. The maximum atomic E-state index is 13.5. The number of sulfone groups is 1. The van der Waals surface area contributed by atoms with Crippen molar-refractivity contribution in [2.75, 3.05) is 37.3 Å². The second-order valence-corrected chi connectivity index (χ2v) is 13.2. The summed E-state index contributed by atoms with van der Waals surface area (Å²) in [4.78, 5) is 35.5. The number of aromatic nitrogens is 1. The summed E-state index contributed by atoms with van der Waals surface area (Å²) in [5.74, 6) is -0.778. The smallest absolute Gasteiger partial charge is 0.226 e. The Hall–Kier alpha value is -2.97. The first-order valence-electron chi connectivity index (χ1n) is 12.7. The number of hydrogen-bond acceptors (Lipinski definition) is 8. The molecular weight excluding hydrogens is 510 g/mol. The summed E-state index contributed by atoms with van der Waals surface area (Å²) in [6.45, 7) is 2.47. The molecule has 1 saturated heterocycles. The van der Waals surface area contributed by atoms with Crippen LogP contribution in [0.5, 0.6) is 0 Å². The average molecular weight is 542 g/mol. The lowest BCUT2D eigenvalue weighted by molar-refractivity contribution is -0.144. The van der Waals surface area contributed by atoms with Gasteiger partial charge in [0.1, 0.15) is 5.54 Å². The van der Waals surface area contributed by atoms with Crippen LogP contribution < -0.4 is 10.2 Å². The lowest BCUT2D eigenvalue weighted by atomic mass is 9.77. The van der Waals surface area contributed by atoms with Gasteiger partial charge in [-0.05, 0) is 37.8 Å². The molecular formula is C26H31N5O4S2. The molecule has 1 aromatic heterocycles. The van der Waals surface area contributed by atoms with E-state index in [1.165, 1.54) is 17.6 Å². The van der Waals surface area contributed by atoms with Gasteiger partial charge in [0.25, 0.3) is 0 Å². The van der Waals surface area contributed by atoms with Crippen LogP contribution in [0.25, 0.3) is 11.3 Å². The van der Waals surface area contributed by atoms with Crippen molar-refractivity contribution in [2.24, 2.45) is 11.8 Å². The van der Waals surface area contributed by atoms with E-state index in [9.17, 15) is 23.3 Å². The van der Waals surface area contributed by atoms with Crippen LogP contribution in [0.1, 0.15) is 38.5 Å². The molecule has 1 N–H and O–H groups in total. The molecule has 1 aliphatic heterocycles. The number of carbonyl (C=O) groups is 2.